The lowest BCUT2D eigenvalue weighted by Gasteiger charge is -2.30. The van der Waals surface area contributed by atoms with Gasteiger partial charge in [-0.2, -0.15) is 4.31 Å². The molecular weight excluding hydrogens is 472 g/mol. The summed E-state index contributed by atoms with van der Waals surface area (Å²) in [6, 6.07) is 4.17. The van der Waals surface area contributed by atoms with E-state index in [0.717, 1.165) is 16.7 Å². The Hall–Kier alpha value is -2.82. The van der Waals surface area contributed by atoms with Gasteiger partial charge in [0.1, 0.15) is 5.69 Å². The third kappa shape index (κ3) is 4.98. The number of amides is 1. The minimum Gasteiger partial charge on any atom is -0.355 e. The summed E-state index contributed by atoms with van der Waals surface area (Å²) in [6.45, 7) is 8.14. The summed E-state index contributed by atoms with van der Waals surface area (Å²) < 4.78 is 34.0. The number of rotatable bonds is 6. The number of thiazole rings is 1. The number of aromatic nitrogens is 2. The van der Waals surface area contributed by atoms with Crippen LogP contribution in [0.25, 0.3) is 12.2 Å². The summed E-state index contributed by atoms with van der Waals surface area (Å²) in [5.74, 6) is -0.488. The number of sulfonamides is 1. The van der Waals surface area contributed by atoms with E-state index in [1.54, 1.807) is 24.6 Å². The van der Waals surface area contributed by atoms with Gasteiger partial charge in [0.15, 0.2) is 15.8 Å². The van der Waals surface area contributed by atoms with E-state index >= 15 is 0 Å². The molecule has 1 aromatic carbocycles. The van der Waals surface area contributed by atoms with Gasteiger partial charge in [-0.05, 0) is 63.3 Å². The molecule has 1 atom stereocenters. The van der Waals surface area contributed by atoms with Crippen molar-refractivity contribution in [2.75, 3.05) is 18.4 Å². The largest absolute Gasteiger partial charge is 0.355 e. The monoisotopic (exact) mass is 500 g/mol. The van der Waals surface area contributed by atoms with Crippen LogP contribution in [-0.2, 0) is 14.8 Å². The highest BCUT2D eigenvalue weighted by Crippen LogP contribution is 2.30. The van der Waals surface area contributed by atoms with Gasteiger partial charge in [-0.15, -0.1) is 11.3 Å². The summed E-state index contributed by atoms with van der Waals surface area (Å²) in [4.78, 5) is 16.8. The molecule has 10 heteroatoms. The smallest absolute Gasteiger partial charge is 0.248 e. The molecule has 1 unspecified atom stereocenters. The molecule has 1 fully saturated rings. The second kappa shape index (κ2) is 9.81. The second-order valence-corrected chi connectivity index (χ2v) is 11.4. The van der Waals surface area contributed by atoms with Crippen molar-refractivity contribution in [3.63, 3.8) is 0 Å². The Kier molecular flexibility index (Phi) is 7.01. The molecule has 1 saturated heterocycles. The zero-order chi connectivity index (χ0) is 24.5. The fourth-order valence-electron chi connectivity index (χ4n) is 4.41. The molecule has 8 nitrogen and oxygen atoms in total. The lowest BCUT2D eigenvalue weighted by Crippen LogP contribution is -2.43. The van der Waals surface area contributed by atoms with Crippen LogP contribution in [0.1, 0.15) is 46.5 Å². The van der Waals surface area contributed by atoms with E-state index < -0.39 is 15.9 Å². The van der Waals surface area contributed by atoms with E-state index in [0.29, 0.717) is 30.2 Å². The van der Waals surface area contributed by atoms with Gasteiger partial charge in [0, 0.05) is 24.7 Å². The molecule has 1 aliphatic rings. The number of carbonyl (C=O) groups excluding carboxylic acids is 1. The molecule has 2 aromatic heterocycles. The molecule has 3 aromatic rings. The van der Waals surface area contributed by atoms with Crippen molar-refractivity contribution in [1.82, 2.24) is 14.4 Å². The minimum atomic E-state index is -3.91. The van der Waals surface area contributed by atoms with Crippen molar-refractivity contribution in [3.05, 3.63) is 57.4 Å². The second-order valence-electron chi connectivity index (χ2n) is 8.64. The first-order valence-electron chi connectivity index (χ1n) is 11.1. The summed E-state index contributed by atoms with van der Waals surface area (Å²) in [5.41, 5.74) is 4.68. The van der Waals surface area contributed by atoms with E-state index in [1.807, 2.05) is 26.8 Å². The zero-order valence-electron chi connectivity index (χ0n) is 19.7. The highest BCUT2D eigenvalue weighted by Gasteiger charge is 2.37. The Morgan fingerprint density at radius 3 is 2.62 bits per heavy atom. The molecule has 34 heavy (non-hydrogen) atoms. The van der Waals surface area contributed by atoms with Crippen LogP contribution in [0.4, 0.5) is 5.13 Å². The van der Waals surface area contributed by atoms with Crippen molar-refractivity contribution >= 4 is 44.6 Å². The van der Waals surface area contributed by atoms with E-state index in [1.165, 1.54) is 21.2 Å². The molecule has 1 aliphatic heterocycles. The zero-order valence-corrected chi connectivity index (χ0v) is 21.3. The molecular formula is C24H28N4O4S2. The third-order valence-electron chi connectivity index (χ3n) is 5.99. The minimum absolute atomic E-state index is 0.0483. The summed E-state index contributed by atoms with van der Waals surface area (Å²) >= 11 is 1.33. The molecule has 1 N–H and O–H groups in total. The van der Waals surface area contributed by atoms with Crippen LogP contribution >= 0.6 is 11.3 Å². The molecule has 0 saturated carbocycles. The van der Waals surface area contributed by atoms with Crippen LogP contribution in [0.2, 0.25) is 0 Å². The lowest BCUT2D eigenvalue weighted by molar-refractivity contribution is -0.120. The fourth-order valence-corrected chi connectivity index (χ4v) is 6.71. The van der Waals surface area contributed by atoms with Crippen LogP contribution in [0.15, 0.2) is 33.1 Å². The Morgan fingerprint density at radius 2 is 1.94 bits per heavy atom. The summed E-state index contributed by atoms with van der Waals surface area (Å²) in [7, 11) is -3.91. The fraction of sp³-hybridized carbons (Fsp3) is 0.375. The quantitative estimate of drug-likeness (QED) is 0.531. The lowest BCUT2D eigenvalue weighted by atomic mass is 9.99. The average molecular weight is 501 g/mol. The van der Waals surface area contributed by atoms with Gasteiger partial charge in [-0.3, -0.25) is 4.79 Å². The van der Waals surface area contributed by atoms with Crippen LogP contribution in [-0.4, -0.2) is 41.9 Å². The van der Waals surface area contributed by atoms with Gasteiger partial charge >= 0.3 is 0 Å². The number of piperidine rings is 1. The highest BCUT2D eigenvalue weighted by atomic mass is 32.2. The predicted octanol–water partition coefficient (Wildman–Crippen LogP) is 4.57. The van der Waals surface area contributed by atoms with Crippen LogP contribution in [0.3, 0.4) is 0 Å². The first-order valence-corrected chi connectivity index (χ1v) is 13.4. The van der Waals surface area contributed by atoms with Crippen molar-refractivity contribution in [2.45, 2.75) is 45.4 Å². The van der Waals surface area contributed by atoms with E-state index in [4.69, 9.17) is 4.52 Å². The Morgan fingerprint density at radius 1 is 1.21 bits per heavy atom. The Bertz CT molecular complexity index is 1300. The van der Waals surface area contributed by atoms with E-state index in [-0.39, 0.29) is 23.1 Å². The summed E-state index contributed by atoms with van der Waals surface area (Å²) in [6.07, 6.45) is 6.34. The Balaban J connectivity index is 1.58. The first-order chi connectivity index (χ1) is 16.2. The molecule has 3 heterocycles. The van der Waals surface area contributed by atoms with Crippen LogP contribution < -0.4 is 5.32 Å². The molecule has 0 spiro atoms. The van der Waals surface area contributed by atoms with E-state index in [2.05, 4.69) is 27.6 Å². The van der Waals surface area contributed by atoms with E-state index in [9.17, 15) is 13.2 Å². The summed E-state index contributed by atoms with van der Waals surface area (Å²) in [5, 5.41) is 9.00. The molecule has 0 aliphatic carbocycles. The van der Waals surface area contributed by atoms with Gasteiger partial charge in [-0.1, -0.05) is 28.9 Å². The molecule has 1 amide bonds. The SMILES string of the molecule is Cc1cc(C)c(/C=C/c2onc(C)c2S(=O)(=O)N2CCCC(C(=O)Nc3nccs3)C2)c(C)c1. The average Bonchev–Trinajstić information content (AvgIpc) is 3.42. The number of nitrogens with zero attached hydrogens (tertiary/aromatic N) is 3. The van der Waals surface area contributed by atoms with Crippen molar-refractivity contribution in [3.8, 4) is 0 Å². The number of aryl methyl sites for hydroxylation is 4. The third-order valence-corrected chi connectivity index (χ3v) is 8.70. The molecule has 180 valence electrons. The predicted molar refractivity (Wildman–Crippen MR) is 133 cm³/mol. The number of carbonyl (C=O) groups is 1. The number of anilines is 1. The highest BCUT2D eigenvalue weighted by molar-refractivity contribution is 7.89. The van der Waals surface area contributed by atoms with Crippen LogP contribution in [0.5, 0.6) is 0 Å². The maximum Gasteiger partial charge on any atom is 0.248 e. The van der Waals surface area contributed by atoms with Gasteiger partial charge in [0.2, 0.25) is 15.9 Å². The maximum absolute atomic E-state index is 13.6. The number of hydrogen-bond acceptors (Lipinski definition) is 7. The first kappa shape index (κ1) is 24.3. The number of benzene rings is 1. The molecule has 4 rings (SSSR count). The molecule has 0 radical (unpaired) electrons. The van der Waals surface area contributed by atoms with Gasteiger partial charge in [0.05, 0.1) is 5.92 Å². The topological polar surface area (TPSA) is 105 Å². The molecule has 0 bridgehead atoms. The van der Waals surface area contributed by atoms with Crippen LogP contribution in [0, 0.1) is 33.6 Å². The van der Waals surface area contributed by atoms with Gasteiger partial charge < -0.3 is 9.84 Å². The number of nitrogens with one attached hydrogen (secondary N) is 1. The maximum atomic E-state index is 13.6. The Labute approximate surface area is 203 Å². The van der Waals surface area contributed by atoms with Gasteiger partial charge in [-0.25, -0.2) is 13.4 Å². The van der Waals surface area contributed by atoms with Crippen molar-refractivity contribution < 1.29 is 17.7 Å². The normalized spacial score (nSPS) is 17.4. The number of hydrogen-bond donors (Lipinski definition) is 1. The van der Waals surface area contributed by atoms with Crippen molar-refractivity contribution in [2.24, 2.45) is 5.92 Å². The standard InChI is InChI=1S/C24H28N4O4S2/c1-15-12-16(2)20(17(3)13-15)7-8-21-22(18(4)27-32-21)34(30,31)28-10-5-6-19(14-28)23(29)26-24-25-9-11-33-24/h7-9,11-13,19H,5-6,10,14H2,1-4H3,(H,25,26,29)/b8-7+. The van der Waals surface area contributed by atoms with Crippen molar-refractivity contribution in [1.29, 1.82) is 0 Å². The van der Waals surface area contributed by atoms with Gasteiger partial charge in [0.25, 0.3) is 0 Å².